The van der Waals surface area contributed by atoms with Gasteiger partial charge in [-0.2, -0.15) is 0 Å². The van der Waals surface area contributed by atoms with E-state index in [0.717, 1.165) is 18.9 Å². The molecule has 0 aliphatic heterocycles. The van der Waals surface area contributed by atoms with Crippen molar-refractivity contribution in [3.8, 4) is 0 Å². The highest BCUT2D eigenvalue weighted by atomic mass is 16.5. The van der Waals surface area contributed by atoms with Crippen LogP contribution in [0.1, 0.15) is 71.6 Å². The average molecular weight is 281 g/mol. The summed E-state index contributed by atoms with van der Waals surface area (Å²) in [6, 6.07) is 0.508. The van der Waals surface area contributed by atoms with Gasteiger partial charge in [0.15, 0.2) is 0 Å². The Morgan fingerprint density at radius 3 is 2.80 bits per heavy atom. The number of hydrogen-bond donors (Lipinski definition) is 1. The number of allylic oxidation sites excluding steroid dienone is 1. The van der Waals surface area contributed by atoms with Crippen molar-refractivity contribution in [2.24, 2.45) is 5.92 Å². The first kappa shape index (κ1) is 17.7. The number of nitrogens with one attached hydrogen (secondary N) is 1. The zero-order valence-corrected chi connectivity index (χ0v) is 13.9. The Hall–Kier alpha value is -0.340. The van der Waals surface area contributed by atoms with Crippen molar-refractivity contribution in [1.29, 1.82) is 0 Å². The molecule has 0 radical (unpaired) electrons. The Balaban J connectivity index is 2.54. The molecular weight excluding hydrogens is 246 g/mol. The summed E-state index contributed by atoms with van der Waals surface area (Å²) in [4.78, 5) is 0. The minimum Gasteiger partial charge on any atom is -0.374 e. The van der Waals surface area contributed by atoms with Gasteiger partial charge >= 0.3 is 0 Å². The highest BCUT2D eigenvalue weighted by Crippen LogP contribution is 2.39. The van der Waals surface area contributed by atoms with Crippen molar-refractivity contribution in [2.45, 2.75) is 83.3 Å². The molecule has 1 rings (SSSR count). The fourth-order valence-electron chi connectivity index (χ4n) is 3.86. The van der Waals surface area contributed by atoms with Crippen LogP contribution in [0, 0.1) is 5.92 Å². The van der Waals surface area contributed by atoms with Gasteiger partial charge in [-0.05, 0) is 52.0 Å². The fourth-order valence-corrected chi connectivity index (χ4v) is 3.86. The first-order valence-corrected chi connectivity index (χ1v) is 8.60. The van der Waals surface area contributed by atoms with Crippen LogP contribution < -0.4 is 5.32 Å². The zero-order valence-electron chi connectivity index (χ0n) is 13.9. The van der Waals surface area contributed by atoms with Crippen molar-refractivity contribution in [3.63, 3.8) is 0 Å². The summed E-state index contributed by atoms with van der Waals surface area (Å²) >= 11 is 0. The lowest BCUT2D eigenvalue weighted by atomic mass is 9.73. The molecule has 0 spiro atoms. The summed E-state index contributed by atoms with van der Waals surface area (Å²) in [5, 5.41) is 3.56. The molecule has 0 saturated heterocycles. The van der Waals surface area contributed by atoms with Gasteiger partial charge in [-0.25, -0.2) is 0 Å². The van der Waals surface area contributed by atoms with Crippen molar-refractivity contribution >= 4 is 0 Å². The van der Waals surface area contributed by atoms with Gasteiger partial charge in [-0.15, -0.1) is 6.58 Å². The van der Waals surface area contributed by atoms with E-state index in [2.05, 4.69) is 32.8 Å². The lowest BCUT2D eigenvalue weighted by Crippen LogP contribution is -2.54. The maximum atomic E-state index is 6.29. The highest BCUT2D eigenvalue weighted by molar-refractivity contribution is 4.96. The summed E-state index contributed by atoms with van der Waals surface area (Å²) in [7, 11) is 2.11. The standard InChI is InChI=1S/C18H35NO/c1-5-7-8-9-10-13-17(19-4)18(20-6-2)14-11-12-16(3)15-18/h5,16-17,19H,1,6-15H2,2-4H3. The van der Waals surface area contributed by atoms with Crippen molar-refractivity contribution in [2.75, 3.05) is 13.7 Å². The molecule has 118 valence electrons. The molecular formula is C18H35NO. The Labute approximate surface area is 126 Å². The number of ether oxygens (including phenoxy) is 1. The topological polar surface area (TPSA) is 21.3 Å². The van der Waals surface area contributed by atoms with Crippen molar-refractivity contribution < 1.29 is 4.74 Å². The van der Waals surface area contributed by atoms with E-state index < -0.39 is 0 Å². The van der Waals surface area contributed by atoms with Crippen LogP contribution in [0.25, 0.3) is 0 Å². The molecule has 0 aromatic heterocycles. The summed E-state index contributed by atoms with van der Waals surface area (Å²) < 4.78 is 6.29. The molecule has 20 heavy (non-hydrogen) atoms. The van der Waals surface area contributed by atoms with Crippen LogP contribution >= 0.6 is 0 Å². The van der Waals surface area contributed by atoms with Crippen LogP contribution in [-0.4, -0.2) is 25.3 Å². The lowest BCUT2D eigenvalue weighted by molar-refractivity contribution is -0.101. The van der Waals surface area contributed by atoms with Gasteiger partial charge in [0, 0.05) is 12.6 Å². The zero-order chi connectivity index (χ0) is 14.8. The molecule has 0 amide bonds. The van der Waals surface area contributed by atoms with Crippen LogP contribution in [0.15, 0.2) is 12.7 Å². The Kier molecular flexibility index (Phi) is 8.47. The summed E-state index contributed by atoms with van der Waals surface area (Å²) in [5.74, 6) is 0.798. The van der Waals surface area contributed by atoms with Crippen LogP contribution in [0.3, 0.4) is 0 Å². The Morgan fingerprint density at radius 2 is 2.20 bits per heavy atom. The first-order valence-electron chi connectivity index (χ1n) is 8.60. The first-order chi connectivity index (χ1) is 9.68. The van der Waals surface area contributed by atoms with E-state index in [-0.39, 0.29) is 5.60 Å². The molecule has 3 unspecified atom stereocenters. The van der Waals surface area contributed by atoms with Gasteiger partial charge in [0.25, 0.3) is 0 Å². The third kappa shape index (κ3) is 5.21. The summed E-state index contributed by atoms with van der Waals surface area (Å²) in [6.45, 7) is 9.14. The third-order valence-corrected chi connectivity index (χ3v) is 4.81. The number of likely N-dealkylation sites (N-methyl/N-ethyl adjacent to an activating group) is 1. The molecule has 0 aromatic carbocycles. The van der Waals surface area contributed by atoms with Gasteiger partial charge < -0.3 is 10.1 Å². The molecule has 0 aromatic rings. The average Bonchev–Trinajstić information content (AvgIpc) is 2.43. The SMILES string of the molecule is C=CCCCCCC(NC)C1(OCC)CCCC(C)C1. The number of hydrogen-bond acceptors (Lipinski definition) is 2. The molecule has 1 saturated carbocycles. The molecule has 1 N–H and O–H groups in total. The quantitative estimate of drug-likeness (QED) is 0.463. The molecule has 1 aliphatic rings. The van der Waals surface area contributed by atoms with Crippen molar-refractivity contribution in [1.82, 2.24) is 5.32 Å². The maximum Gasteiger partial charge on any atom is 0.0837 e. The van der Waals surface area contributed by atoms with Gasteiger partial charge in [-0.1, -0.05) is 38.7 Å². The minimum absolute atomic E-state index is 0.0829. The third-order valence-electron chi connectivity index (χ3n) is 4.81. The van der Waals surface area contributed by atoms with Gasteiger partial charge in [0.2, 0.25) is 0 Å². The second-order valence-corrected chi connectivity index (χ2v) is 6.47. The van der Waals surface area contributed by atoms with E-state index in [1.807, 2.05) is 6.08 Å². The maximum absolute atomic E-state index is 6.29. The lowest BCUT2D eigenvalue weighted by Gasteiger charge is -2.45. The van der Waals surface area contributed by atoms with E-state index in [4.69, 9.17) is 4.74 Å². The van der Waals surface area contributed by atoms with E-state index in [0.29, 0.717) is 6.04 Å². The van der Waals surface area contributed by atoms with E-state index in [9.17, 15) is 0 Å². The highest BCUT2D eigenvalue weighted by Gasteiger charge is 2.41. The van der Waals surface area contributed by atoms with Gasteiger partial charge in [-0.3, -0.25) is 0 Å². The van der Waals surface area contributed by atoms with Crippen LogP contribution in [0.2, 0.25) is 0 Å². The fraction of sp³-hybridized carbons (Fsp3) is 0.889. The van der Waals surface area contributed by atoms with Crippen molar-refractivity contribution in [3.05, 3.63) is 12.7 Å². The summed E-state index contributed by atoms with van der Waals surface area (Å²) in [6.07, 6.45) is 13.4. The second-order valence-electron chi connectivity index (χ2n) is 6.47. The smallest absolute Gasteiger partial charge is 0.0837 e. The van der Waals surface area contributed by atoms with Crippen LogP contribution in [0.4, 0.5) is 0 Å². The molecule has 2 heteroatoms. The molecule has 2 nitrogen and oxygen atoms in total. The minimum atomic E-state index is 0.0829. The number of rotatable bonds is 10. The largest absolute Gasteiger partial charge is 0.374 e. The Bertz CT molecular complexity index is 262. The Morgan fingerprint density at radius 1 is 1.40 bits per heavy atom. The molecule has 0 heterocycles. The molecule has 3 atom stereocenters. The normalized spacial score (nSPS) is 28.2. The predicted molar refractivity (Wildman–Crippen MR) is 88.1 cm³/mol. The van der Waals surface area contributed by atoms with E-state index in [1.165, 1.54) is 51.4 Å². The molecule has 1 fully saturated rings. The summed E-state index contributed by atoms with van der Waals surface area (Å²) in [5.41, 5.74) is 0.0829. The van der Waals surface area contributed by atoms with Gasteiger partial charge in [0.1, 0.15) is 0 Å². The second kappa shape index (κ2) is 9.57. The molecule has 0 bridgehead atoms. The van der Waals surface area contributed by atoms with Gasteiger partial charge in [0.05, 0.1) is 5.60 Å². The number of unbranched alkanes of at least 4 members (excludes halogenated alkanes) is 3. The van der Waals surface area contributed by atoms with Crippen LogP contribution in [-0.2, 0) is 4.74 Å². The van der Waals surface area contributed by atoms with Crippen LogP contribution in [0.5, 0.6) is 0 Å². The monoisotopic (exact) mass is 281 g/mol. The molecule has 1 aliphatic carbocycles. The predicted octanol–water partition coefficient (Wildman–Crippen LogP) is 4.70. The van der Waals surface area contributed by atoms with E-state index >= 15 is 0 Å². The van der Waals surface area contributed by atoms with E-state index in [1.54, 1.807) is 0 Å².